The van der Waals surface area contributed by atoms with E-state index in [1.54, 1.807) is 12.1 Å². The first kappa shape index (κ1) is 23.9. The number of likely N-dealkylation sites (N-methyl/N-ethyl adjacent to an activating group) is 1. The topological polar surface area (TPSA) is 55.6 Å². The van der Waals surface area contributed by atoms with Crippen molar-refractivity contribution in [2.45, 2.75) is 24.5 Å². The number of hydrogen-bond donors (Lipinski definition) is 0. The molecule has 2 heterocycles. The highest BCUT2D eigenvalue weighted by atomic mass is 16.6. The van der Waals surface area contributed by atoms with Gasteiger partial charge in [0.2, 0.25) is 0 Å². The van der Waals surface area contributed by atoms with Gasteiger partial charge in [0, 0.05) is 36.0 Å². The number of nitrogens with zero attached hydrogens (tertiary/aromatic N) is 2. The van der Waals surface area contributed by atoms with Crippen LogP contribution in [0.2, 0.25) is 0 Å². The summed E-state index contributed by atoms with van der Waals surface area (Å²) in [5.74, 6) is 0. The molecule has 1 fully saturated rings. The highest BCUT2D eigenvalue weighted by molar-refractivity contribution is 5.90. The average molecular weight is 501 g/mol. The second-order valence-electron chi connectivity index (χ2n) is 9.97. The molecular formula is C33H28N2O3. The molecule has 0 N–H and O–H groups in total. The van der Waals surface area contributed by atoms with Crippen LogP contribution in [0.1, 0.15) is 35.6 Å². The summed E-state index contributed by atoms with van der Waals surface area (Å²) < 4.78 is 6.58. The lowest BCUT2D eigenvalue weighted by atomic mass is 9.66. The summed E-state index contributed by atoms with van der Waals surface area (Å²) in [6, 6.07) is 35.8. The molecule has 188 valence electrons. The van der Waals surface area contributed by atoms with E-state index in [-0.39, 0.29) is 10.6 Å². The van der Waals surface area contributed by atoms with Gasteiger partial charge in [0.15, 0.2) is 5.72 Å². The third-order valence-electron chi connectivity index (χ3n) is 8.19. The molecule has 4 aromatic rings. The van der Waals surface area contributed by atoms with Gasteiger partial charge >= 0.3 is 0 Å². The zero-order chi connectivity index (χ0) is 26.3. The predicted octanol–water partition coefficient (Wildman–Crippen LogP) is 7.23. The summed E-state index contributed by atoms with van der Waals surface area (Å²) in [7, 11) is 2.10. The van der Waals surface area contributed by atoms with Crippen molar-refractivity contribution in [2.75, 3.05) is 18.6 Å². The van der Waals surface area contributed by atoms with Gasteiger partial charge in [-0.2, -0.15) is 0 Å². The zero-order valence-electron chi connectivity index (χ0n) is 21.4. The van der Waals surface area contributed by atoms with Gasteiger partial charge in [-0.25, -0.2) is 0 Å². The molecule has 0 aromatic heterocycles. The standard InChI is InChI=1S/C33H28N2O3/c1-32-33(21-22-38-32,29-15-9-10-16-31(29)34(32)2)30(26-13-7-4-8-14-26)23-28(24-11-5-3-6-12-24)25-17-19-27(20-18-25)35(36)37/h3-20H,21-22H2,1-2H3/t23?,32-,33-/m0/s1. The lowest BCUT2D eigenvalue weighted by Gasteiger charge is -2.42. The summed E-state index contributed by atoms with van der Waals surface area (Å²) in [4.78, 5) is 13.2. The quantitative estimate of drug-likeness (QED) is 0.165. The number of rotatable bonds is 5. The molecule has 0 spiro atoms. The first-order chi connectivity index (χ1) is 18.5. The molecule has 0 radical (unpaired) electrons. The Balaban J connectivity index is 1.73. The summed E-state index contributed by atoms with van der Waals surface area (Å²) in [5, 5.41) is 11.4. The minimum Gasteiger partial charge on any atom is -0.355 e. The van der Waals surface area contributed by atoms with Crippen molar-refractivity contribution >= 4 is 22.5 Å². The molecule has 2 atom stereocenters. The molecular weight excluding hydrogens is 472 g/mol. The normalized spacial score (nSPS) is 21.4. The Labute approximate surface area is 222 Å². The molecule has 2 aliphatic heterocycles. The van der Waals surface area contributed by atoms with Crippen molar-refractivity contribution in [3.05, 3.63) is 147 Å². The van der Waals surface area contributed by atoms with Gasteiger partial charge in [0.1, 0.15) is 0 Å². The lowest BCUT2D eigenvalue weighted by molar-refractivity contribution is -0.384. The molecule has 38 heavy (non-hydrogen) atoms. The number of para-hydroxylation sites is 1. The summed E-state index contributed by atoms with van der Waals surface area (Å²) >= 11 is 0. The maximum absolute atomic E-state index is 11.4. The molecule has 0 aliphatic carbocycles. The van der Waals surface area contributed by atoms with Crippen molar-refractivity contribution < 1.29 is 9.66 Å². The Bertz CT molecular complexity index is 1570. The van der Waals surface area contributed by atoms with Crippen LogP contribution in [0.15, 0.2) is 115 Å². The number of nitro benzene ring substituents is 1. The van der Waals surface area contributed by atoms with E-state index in [9.17, 15) is 10.1 Å². The molecule has 6 rings (SSSR count). The Kier molecular flexibility index (Phi) is 5.76. The van der Waals surface area contributed by atoms with Gasteiger partial charge < -0.3 is 9.64 Å². The highest BCUT2D eigenvalue weighted by Crippen LogP contribution is 2.62. The van der Waals surface area contributed by atoms with Crippen molar-refractivity contribution in [1.29, 1.82) is 0 Å². The van der Waals surface area contributed by atoms with E-state index in [4.69, 9.17) is 4.74 Å². The van der Waals surface area contributed by atoms with Gasteiger partial charge in [-0.05, 0) is 53.8 Å². The van der Waals surface area contributed by atoms with E-state index < -0.39 is 11.1 Å². The van der Waals surface area contributed by atoms with E-state index >= 15 is 0 Å². The van der Waals surface area contributed by atoms with Crippen LogP contribution in [0, 0.1) is 10.1 Å². The van der Waals surface area contributed by atoms with Crippen LogP contribution >= 0.6 is 0 Å². The Morgan fingerprint density at radius 1 is 0.842 bits per heavy atom. The van der Waals surface area contributed by atoms with Crippen LogP contribution in [0.4, 0.5) is 11.4 Å². The van der Waals surface area contributed by atoms with Crippen LogP contribution in [0.3, 0.4) is 0 Å². The maximum Gasteiger partial charge on any atom is 0.269 e. The van der Waals surface area contributed by atoms with E-state index in [0.717, 1.165) is 39.9 Å². The third kappa shape index (κ3) is 3.52. The van der Waals surface area contributed by atoms with E-state index in [1.165, 1.54) is 5.56 Å². The fourth-order valence-corrected chi connectivity index (χ4v) is 6.19. The molecule has 0 bridgehead atoms. The van der Waals surface area contributed by atoms with Gasteiger partial charge in [-0.3, -0.25) is 10.1 Å². The second kappa shape index (κ2) is 9.14. The summed E-state index contributed by atoms with van der Waals surface area (Å²) in [6.07, 6.45) is 0.810. The number of fused-ring (bicyclic) bond motifs is 3. The molecule has 4 aromatic carbocycles. The van der Waals surface area contributed by atoms with Crippen molar-refractivity contribution in [3.8, 4) is 0 Å². The van der Waals surface area contributed by atoms with Crippen LogP contribution in [0.5, 0.6) is 0 Å². The zero-order valence-corrected chi connectivity index (χ0v) is 21.4. The molecule has 5 nitrogen and oxygen atoms in total. The molecule has 2 aliphatic rings. The number of hydrogen-bond acceptors (Lipinski definition) is 4. The van der Waals surface area contributed by atoms with Crippen molar-refractivity contribution in [2.24, 2.45) is 0 Å². The minimum absolute atomic E-state index is 0.0649. The molecule has 0 amide bonds. The number of benzene rings is 4. The van der Waals surface area contributed by atoms with Crippen molar-refractivity contribution in [3.63, 3.8) is 0 Å². The van der Waals surface area contributed by atoms with Crippen LogP contribution in [0.25, 0.3) is 11.1 Å². The summed E-state index contributed by atoms with van der Waals surface area (Å²) in [5.41, 5.74) is 10.1. The van der Waals surface area contributed by atoms with Gasteiger partial charge in [0.05, 0.1) is 16.9 Å². The molecule has 0 unspecified atom stereocenters. The monoisotopic (exact) mass is 500 g/mol. The maximum atomic E-state index is 11.4. The van der Waals surface area contributed by atoms with Crippen molar-refractivity contribution in [1.82, 2.24) is 0 Å². The predicted molar refractivity (Wildman–Crippen MR) is 151 cm³/mol. The lowest BCUT2D eigenvalue weighted by Crippen LogP contribution is -2.52. The Hall–Kier alpha value is -4.44. The third-order valence-corrected chi connectivity index (χ3v) is 8.19. The second-order valence-corrected chi connectivity index (χ2v) is 9.97. The fraction of sp³-hybridized carbons (Fsp3) is 0.182. The smallest absolute Gasteiger partial charge is 0.269 e. The highest BCUT2D eigenvalue weighted by Gasteiger charge is 2.64. The largest absolute Gasteiger partial charge is 0.355 e. The van der Waals surface area contributed by atoms with Gasteiger partial charge in [-0.1, -0.05) is 78.9 Å². The minimum atomic E-state index is -0.605. The fourth-order valence-electron chi connectivity index (χ4n) is 6.19. The SMILES string of the molecule is CN1c2ccccc2[C@]2(C(=C=C(c3ccccc3)c3ccc([N+](=O)[O-])cc3)c3ccccc3)CCO[C@]12C. The van der Waals surface area contributed by atoms with E-state index in [0.29, 0.717) is 6.61 Å². The number of non-ortho nitro benzene ring substituents is 1. The molecule has 5 heteroatoms. The molecule has 0 saturated carbocycles. The van der Waals surface area contributed by atoms with E-state index in [2.05, 4.69) is 85.3 Å². The van der Waals surface area contributed by atoms with E-state index in [1.807, 2.05) is 36.4 Å². The first-order valence-electron chi connectivity index (χ1n) is 12.8. The number of ether oxygens (including phenoxy) is 1. The van der Waals surface area contributed by atoms with Crippen LogP contribution in [-0.4, -0.2) is 24.3 Å². The Morgan fingerprint density at radius 2 is 1.42 bits per heavy atom. The first-order valence-corrected chi connectivity index (χ1v) is 12.8. The number of anilines is 1. The molecule has 1 saturated heterocycles. The van der Waals surface area contributed by atoms with Gasteiger partial charge in [-0.15, -0.1) is 5.73 Å². The van der Waals surface area contributed by atoms with Crippen LogP contribution in [-0.2, 0) is 10.2 Å². The summed E-state index contributed by atoms with van der Waals surface area (Å²) in [6.45, 7) is 2.81. The Morgan fingerprint density at radius 3 is 2.08 bits per heavy atom. The average Bonchev–Trinajstić information content (AvgIpc) is 3.40. The number of nitro groups is 1. The van der Waals surface area contributed by atoms with Crippen LogP contribution < -0.4 is 4.90 Å². The van der Waals surface area contributed by atoms with Gasteiger partial charge in [0.25, 0.3) is 5.69 Å².